The lowest BCUT2D eigenvalue weighted by atomic mass is 10.1. The van der Waals surface area contributed by atoms with Gasteiger partial charge in [0.2, 0.25) is 17.7 Å². The highest BCUT2D eigenvalue weighted by Gasteiger charge is 2.23. The number of ether oxygens (including phenoxy) is 1. The summed E-state index contributed by atoms with van der Waals surface area (Å²) in [7, 11) is 0. The monoisotopic (exact) mass is 454 g/mol. The number of nitrogens with zero attached hydrogens (tertiary/aromatic N) is 7. The van der Waals surface area contributed by atoms with Crippen molar-refractivity contribution in [1.82, 2.24) is 34.5 Å². The van der Waals surface area contributed by atoms with E-state index >= 15 is 0 Å². The standard InChI is InChI=1S/C20H13F3N8O2/c21-11-2-1-4-25-12(11)9-13-28-17-15(10-3-5-26-14(8-10)33-19(22)23)16(18-27-6-7-32-18)29-20(24)31(17)30-13/h1-8,19H,9H2,(H2,24,29). The molecule has 0 aliphatic carbocycles. The van der Waals surface area contributed by atoms with Gasteiger partial charge in [0.1, 0.15) is 17.8 Å². The number of pyridine rings is 2. The van der Waals surface area contributed by atoms with Crippen LogP contribution in [0.5, 0.6) is 5.88 Å². The van der Waals surface area contributed by atoms with E-state index in [0.29, 0.717) is 11.1 Å². The zero-order valence-electron chi connectivity index (χ0n) is 16.6. The Hall–Kier alpha value is -4.55. The summed E-state index contributed by atoms with van der Waals surface area (Å²) in [6.07, 6.45) is 5.49. The van der Waals surface area contributed by atoms with Crippen LogP contribution < -0.4 is 10.5 Å². The van der Waals surface area contributed by atoms with E-state index in [2.05, 4.69) is 34.8 Å². The van der Waals surface area contributed by atoms with Crippen LogP contribution in [0.25, 0.3) is 28.4 Å². The third kappa shape index (κ3) is 3.91. The van der Waals surface area contributed by atoms with Gasteiger partial charge in [-0.05, 0) is 23.8 Å². The number of nitrogen functional groups attached to an aromatic ring is 1. The van der Waals surface area contributed by atoms with Gasteiger partial charge in [0, 0.05) is 18.5 Å². The second-order valence-electron chi connectivity index (χ2n) is 6.66. The van der Waals surface area contributed by atoms with Gasteiger partial charge in [-0.1, -0.05) is 0 Å². The van der Waals surface area contributed by atoms with Gasteiger partial charge in [-0.3, -0.25) is 4.98 Å². The summed E-state index contributed by atoms with van der Waals surface area (Å²) in [5.74, 6) is -0.532. The predicted molar refractivity (Wildman–Crippen MR) is 108 cm³/mol. The lowest BCUT2D eigenvalue weighted by Gasteiger charge is -2.10. The summed E-state index contributed by atoms with van der Waals surface area (Å²) in [6.45, 7) is -3.06. The minimum Gasteiger partial charge on any atom is -0.443 e. The molecule has 0 spiro atoms. The zero-order chi connectivity index (χ0) is 22.9. The minimum absolute atomic E-state index is 0.0162. The van der Waals surface area contributed by atoms with E-state index in [1.54, 1.807) is 6.07 Å². The zero-order valence-corrected chi connectivity index (χ0v) is 16.6. The first-order chi connectivity index (χ1) is 16.0. The summed E-state index contributed by atoms with van der Waals surface area (Å²) in [6, 6.07) is 5.59. The van der Waals surface area contributed by atoms with Crippen LogP contribution in [0.3, 0.4) is 0 Å². The number of alkyl halides is 2. The molecule has 0 fully saturated rings. The number of aromatic nitrogens is 7. The van der Waals surface area contributed by atoms with Gasteiger partial charge >= 0.3 is 6.61 Å². The highest BCUT2D eigenvalue weighted by molar-refractivity contribution is 5.88. The van der Waals surface area contributed by atoms with Gasteiger partial charge in [-0.15, -0.1) is 5.10 Å². The van der Waals surface area contributed by atoms with Crippen molar-refractivity contribution in [2.75, 3.05) is 5.73 Å². The number of rotatable bonds is 6. The van der Waals surface area contributed by atoms with E-state index < -0.39 is 12.4 Å². The summed E-state index contributed by atoms with van der Waals surface area (Å²) in [5, 5.41) is 4.32. The fourth-order valence-electron chi connectivity index (χ4n) is 3.25. The molecule has 166 valence electrons. The molecular formula is C20H13F3N8O2. The SMILES string of the molecule is Nc1nc(-c2ncco2)c(-c2ccnc(OC(F)F)c2)c2nc(Cc3ncccc3F)nn12. The van der Waals surface area contributed by atoms with Crippen LogP contribution in [0.15, 0.2) is 53.5 Å². The van der Waals surface area contributed by atoms with E-state index in [1.807, 2.05) is 0 Å². The van der Waals surface area contributed by atoms with Gasteiger partial charge in [0.15, 0.2) is 11.5 Å². The highest BCUT2D eigenvalue weighted by atomic mass is 19.3. The van der Waals surface area contributed by atoms with Crippen molar-refractivity contribution >= 4 is 11.6 Å². The van der Waals surface area contributed by atoms with Crippen molar-refractivity contribution in [1.29, 1.82) is 0 Å². The van der Waals surface area contributed by atoms with Crippen LogP contribution in [0.1, 0.15) is 11.5 Å². The molecule has 0 saturated heterocycles. The third-order valence-electron chi connectivity index (χ3n) is 4.58. The van der Waals surface area contributed by atoms with E-state index in [-0.39, 0.29) is 47.0 Å². The van der Waals surface area contributed by atoms with Crippen LogP contribution in [0, 0.1) is 5.82 Å². The van der Waals surface area contributed by atoms with E-state index in [1.165, 1.54) is 47.6 Å². The van der Waals surface area contributed by atoms with Crippen molar-refractivity contribution in [3.63, 3.8) is 0 Å². The van der Waals surface area contributed by atoms with Crippen molar-refractivity contribution in [3.05, 3.63) is 66.5 Å². The van der Waals surface area contributed by atoms with Crippen LogP contribution >= 0.6 is 0 Å². The number of halogens is 3. The van der Waals surface area contributed by atoms with Gasteiger partial charge in [-0.2, -0.15) is 13.3 Å². The molecule has 2 N–H and O–H groups in total. The topological polar surface area (TPSA) is 130 Å². The maximum absolute atomic E-state index is 14.1. The second kappa shape index (κ2) is 8.18. The Labute approximate surface area is 182 Å². The Morgan fingerprint density at radius 2 is 1.97 bits per heavy atom. The molecule has 0 radical (unpaired) electrons. The number of hydrogen-bond donors (Lipinski definition) is 1. The molecule has 0 aliphatic rings. The molecule has 0 unspecified atom stereocenters. The molecule has 0 aliphatic heterocycles. The summed E-state index contributed by atoms with van der Waals surface area (Å²) in [5.41, 5.74) is 7.35. The molecule has 33 heavy (non-hydrogen) atoms. The molecule has 0 saturated carbocycles. The van der Waals surface area contributed by atoms with Crippen molar-refractivity contribution in [3.8, 4) is 28.6 Å². The number of oxazole rings is 1. The fraction of sp³-hybridized carbons (Fsp3) is 0.100. The number of anilines is 1. The molecule has 0 aromatic carbocycles. The number of nitrogens with two attached hydrogens (primary N) is 1. The molecular weight excluding hydrogens is 441 g/mol. The molecule has 0 amide bonds. The highest BCUT2D eigenvalue weighted by Crippen LogP contribution is 2.35. The largest absolute Gasteiger partial charge is 0.443 e. The molecule has 5 heterocycles. The fourth-order valence-corrected chi connectivity index (χ4v) is 3.25. The van der Waals surface area contributed by atoms with Gasteiger partial charge in [-0.25, -0.2) is 24.3 Å². The van der Waals surface area contributed by atoms with Crippen molar-refractivity contribution in [2.24, 2.45) is 0 Å². The van der Waals surface area contributed by atoms with Gasteiger partial charge in [0.25, 0.3) is 0 Å². The Morgan fingerprint density at radius 1 is 1.09 bits per heavy atom. The smallest absolute Gasteiger partial charge is 0.388 e. The summed E-state index contributed by atoms with van der Waals surface area (Å²) in [4.78, 5) is 20.7. The first-order valence-corrected chi connectivity index (χ1v) is 9.45. The van der Waals surface area contributed by atoms with Crippen LogP contribution in [0.4, 0.5) is 19.1 Å². The third-order valence-corrected chi connectivity index (χ3v) is 4.58. The maximum Gasteiger partial charge on any atom is 0.388 e. The lowest BCUT2D eigenvalue weighted by Crippen LogP contribution is -2.07. The van der Waals surface area contributed by atoms with Crippen LogP contribution in [-0.4, -0.2) is 41.1 Å². The van der Waals surface area contributed by atoms with E-state index in [9.17, 15) is 13.2 Å². The van der Waals surface area contributed by atoms with Crippen molar-refractivity contribution in [2.45, 2.75) is 13.0 Å². The Morgan fingerprint density at radius 3 is 2.73 bits per heavy atom. The van der Waals surface area contributed by atoms with Gasteiger partial charge in [0.05, 0.1) is 23.9 Å². The van der Waals surface area contributed by atoms with E-state index in [0.717, 1.165) is 0 Å². The molecule has 5 rings (SSSR count). The summed E-state index contributed by atoms with van der Waals surface area (Å²) >= 11 is 0. The van der Waals surface area contributed by atoms with E-state index in [4.69, 9.17) is 10.2 Å². The number of hydrogen-bond acceptors (Lipinski definition) is 9. The number of fused-ring (bicyclic) bond motifs is 1. The molecule has 5 aromatic rings. The first kappa shape index (κ1) is 20.4. The summed E-state index contributed by atoms with van der Waals surface area (Å²) < 4.78 is 50.6. The molecule has 0 atom stereocenters. The van der Waals surface area contributed by atoms with Crippen molar-refractivity contribution < 1.29 is 22.3 Å². The average Bonchev–Trinajstić information content (AvgIpc) is 3.45. The Balaban J connectivity index is 1.71. The molecule has 5 aromatic heterocycles. The molecule has 10 nitrogen and oxygen atoms in total. The second-order valence-corrected chi connectivity index (χ2v) is 6.66. The Bertz CT molecular complexity index is 1440. The predicted octanol–water partition coefficient (Wildman–Crippen LogP) is 3.15. The van der Waals surface area contributed by atoms with Gasteiger partial charge < -0.3 is 14.9 Å². The maximum atomic E-state index is 14.1. The lowest BCUT2D eigenvalue weighted by molar-refractivity contribution is -0.0528. The molecule has 0 bridgehead atoms. The minimum atomic E-state index is -3.06. The normalized spacial score (nSPS) is 11.4. The average molecular weight is 454 g/mol. The Kier molecular flexibility index (Phi) is 5.05. The molecule has 13 heteroatoms. The first-order valence-electron chi connectivity index (χ1n) is 9.45. The van der Waals surface area contributed by atoms with Crippen LogP contribution in [0.2, 0.25) is 0 Å². The van der Waals surface area contributed by atoms with Crippen LogP contribution in [-0.2, 0) is 6.42 Å². The quantitative estimate of drug-likeness (QED) is 0.411.